The molecular formula is C64H38B2N2. The highest BCUT2D eigenvalue weighted by Crippen LogP contribution is 2.52. The normalized spacial score (nSPS) is 13.5. The molecule has 0 bridgehead atoms. The van der Waals surface area contributed by atoms with Gasteiger partial charge in [-0.2, -0.15) is 0 Å². The number of benzene rings is 12. The first-order valence-electron chi connectivity index (χ1n) is 23.9. The molecule has 2 nitrogen and oxygen atoms in total. The molecular weight excluding hydrogens is 818 g/mol. The van der Waals surface area contributed by atoms with Crippen LogP contribution in [0.2, 0.25) is 0 Å². The maximum Gasteiger partial charge on any atom is 0.248 e. The van der Waals surface area contributed by atoms with Gasteiger partial charge < -0.3 is 9.80 Å². The average Bonchev–Trinajstić information content (AvgIpc) is 3.41. The second-order valence-electron chi connectivity index (χ2n) is 19.0. The number of nitrogens with zero attached hydrogens (tertiary/aromatic N) is 2. The highest BCUT2D eigenvalue weighted by molar-refractivity contribution is 7.02. The third-order valence-corrected chi connectivity index (χ3v) is 15.8. The Morgan fingerprint density at radius 3 is 1.04 bits per heavy atom. The smallest absolute Gasteiger partial charge is 0.248 e. The fraction of sp³-hybridized carbons (Fsp3) is 0. The van der Waals surface area contributed by atoms with Crippen LogP contribution >= 0.6 is 0 Å². The summed E-state index contributed by atoms with van der Waals surface area (Å²) in [6.07, 6.45) is 0. The van der Waals surface area contributed by atoms with Gasteiger partial charge in [0.15, 0.2) is 0 Å². The van der Waals surface area contributed by atoms with Gasteiger partial charge >= 0.3 is 0 Å². The molecule has 0 spiro atoms. The molecule has 4 heteroatoms. The molecule has 16 rings (SSSR count). The van der Waals surface area contributed by atoms with Gasteiger partial charge in [0.25, 0.3) is 0 Å². The van der Waals surface area contributed by atoms with E-state index in [2.05, 4.69) is 240 Å². The molecule has 0 aromatic heterocycles. The lowest BCUT2D eigenvalue weighted by Crippen LogP contribution is -2.60. The molecule has 68 heavy (non-hydrogen) atoms. The second kappa shape index (κ2) is 13.5. The van der Waals surface area contributed by atoms with Gasteiger partial charge in [0, 0.05) is 34.1 Å². The van der Waals surface area contributed by atoms with E-state index in [1.54, 1.807) is 0 Å². The number of rotatable bonds is 4. The lowest BCUT2D eigenvalue weighted by Gasteiger charge is -2.42. The Morgan fingerprint density at radius 1 is 0.250 bits per heavy atom. The van der Waals surface area contributed by atoms with Crippen molar-refractivity contribution in [2.45, 2.75) is 0 Å². The van der Waals surface area contributed by atoms with Gasteiger partial charge in [-0.1, -0.05) is 181 Å². The summed E-state index contributed by atoms with van der Waals surface area (Å²) in [5, 5.41) is 8.13. The third-order valence-electron chi connectivity index (χ3n) is 15.8. The largest absolute Gasteiger partial charge is 0.312 e. The molecule has 0 N–H and O–H groups in total. The molecule has 0 amide bonds. The zero-order valence-corrected chi connectivity index (χ0v) is 37.0. The van der Waals surface area contributed by atoms with Crippen LogP contribution in [-0.4, -0.2) is 13.4 Å². The van der Waals surface area contributed by atoms with E-state index in [1.165, 1.54) is 144 Å². The molecule has 0 unspecified atom stereocenters. The van der Waals surface area contributed by atoms with E-state index in [0.717, 1.165) is 0 Å². The first-order chi connectivity index (χ1) is 33.8. The Morgan fingerprint density at radius 2 is 0.618 bits per heavy atom. The van der Waals surface area contributed by atoms with E-state index >= 15 is 0 Å². The van der Waals surface area contributed by atoms with Crippen LogP contribution in [0, 0.1) is 0 Å². The van der Waals surface area contributed by atoms with Crippen LogP contribution < -0.4 is 42.6 Å². The molecule has 12 aromatic rings. The quantitative estimate of drug-likeness (QED) is 0.129. The minimum absolute atomic E-state index is 0.0369. The highest BCUT2D eigenvalue weighted by atomic mass is 15.2. The van der Waals surface area contributed by atoms with Crippen molar-refractivity contribution in [3.05, 3.63) is 231 Å². The van der Waals surface area contributed by atoms with Crippen molar-refractivity contribution < 1.29 is 0 Å². The zero-order chi connectivity index (χ0) is 44.2. The predicted octanol–water partition coefficient (Wildman–Crippen LogP) is 12.5. The van der Waals surface area contributed by atoms with E-state index in [4.69, 9.17) is 0 Å². The Bertz CT molecular complexity index is 3830. The molecule has 0 radical (unpaired) electrons. The Balaban J connectivity index is 1.11. The van der Waals surface area contributed by atoms with Crippen LogP contribution in [0.15, 0.2) is 231 Å². The van der Waals surface area contributed by atoms with Crippen LogP contribution in [0.25, 0.3) is 76.8 Å². The van der Waals surface area contributed by atoms with Gasteiger partial charge in [0.1, 0.15) is 0 Å². The topological polar surface area (TPSA) is 6.48 Å². The molecule has 4 aliphatic rings. The zero-order valence-electron chi connectivity index (χ0n) is 37.0. The summed E-state index contributed by atoms with van der Waals surface area (Å²) in [4.78, 5) is 4.99. The van der Waals surface area contributed by atoms with E-state index < -0.39 is 0 Å². The predicted molar refractivity (Wildman–Crippen MR) is 291 cm³/mol. The monoisotopic (exact) mass is 856 g/mol. The van der Waals surface area contributed by atoms with E-state index in [1.807, 2.05) is 0 Å². The summed E-state index contributed by atoms with van der Waals surface area (Å²) < 4.78 is 0. The Kier molecular flexibility index (Phi) is 7.27. The van der Waals surface area contributed by atoms with Crippen molar-refractivity contribution in [3.63, 3.8) is 0 Å². The maximum absolute atomic E-state index is 2.59. The van der Waals surface area contributed by atoms with Crippen molar-refractivity contribution in [1.82, 2.24) is 0 Å². The molecule has 0 saturated carbocycles. The standard InChI is InChI=1S/C64H38B2N2/c1-5-19-39(20-6-1)45-37-53-59-48(44-28-18-33-57-63(44)65(53)51-29-13-15-31-55(51)67(57)41-23-9-3-10-24-41)36-50-46(40-21-7-2-8-22-40)38-54-60-47(35-49(45)61(59)62(50)60)43-27-17-34-58-64(43)66(54)52-30-14-16-32-56(52)68(58)42-25-11-4-12-26-42/h1-38H. The third kappa shape index (κ3) is 4.69. The maximum atomic E-state index is 2.59. The molecule has 0 aliphatic carbocycles. The van der Waals surface area contributed by atoms with Crippen molar-refractivity contribution in [1.29, 1.82) is 0 Å². The minimum Gasteiger partial charge on any atom is -0.312 e. The van der Waals surface area contributed by atoms with Crippen molar-refractivity contribution in [3.8, 4) is 44.5 Å². The second-order valence-corrected chi connectivity index (χ2v) is 19.0. The Labute approximate surface area is 395 Å². The van der Waals surface area contributed by atoms with E-state index in [9.17, 15) is 0 Å². The SMILES string of the molecule is c1ccc(-c2cc3c4c(cc5c(-c6ccccc6)cc6c7c(cc2c4c57)-c2cccc4c2B6c2ccccc2N4c2ccccc2)-c2cccc4c2B3c2ccccc2N4c2ccccc2)cc1. The molecule has 4 heterocycles. The van der Waals surface area contributed by atoms with Gasteiger partial charge in [-0.05, 0) is 159 Å². The van der Waals surface area contributed by atoms with Gasteiger partial charge in [-0.15, -0.1) is 0 Å². The molecule has 4 aliphatic heterocycles. The summed E-state index contributed by atoms with van der Waals surface area (Å²) in [6, 6.07) is 87.0. The van der Waals surface area contributed by atoms with E-state index in [-0.39, 0.29) is 13.4 Å². The molecule has 0 fully saturated rings. The lowest BCUT2D eigenvalue weighted by molar-refractivity contribution is 1.29. The van der Waals surface area contributed by atoms with Gasteiger partial charge in [-0.3, -0.25) is 0 Å². The van der Waals surface area contributed by atoms with Crippen LogP contribution in [0.3, 0.4) is 0 Å². The number of hydrogen-bond donors (Lipinski definition) is 0. The van der Waals surface area contributed by atoms with Crippen molar-refractivity contribution >= 4 is 113 Å². The van der Waals surface area contributed by atoms with Gasteiger partial charge in [-0.25, -0.2) is 0 Å². The van der Waals surface area contributed by atoms with Crippen molar-refractivity contribution in [2.75, 3.05) is 9.80 Å². The summed E-state index contributed by atoms with van der Waals surface area (Å²) in [7, 11) is 0. The lowest BCUT2D eigenvalue weighted by atomic mass is 9.31. The fourth-order valence-corrected chi connectivity index (χ4v) is 13.2. The summed E-state index contributed by atoms with van der Waals surface area (Å²) in [6.45, 7) is 0.0737. The highest BCUT2D eigenvalue weighted by Gasteiger charge is 2.45. The number of anilines is 6. The number of para-hydroxylation sites is 4. The van der Waals surface area contributed by atoms with Gasteiger partial charge in [0.05, 0.1) is 0 Å². The molecule has 12 aromatic carbocycles. The molecule has 0 atom stereocenters. The summed E-state index contributed by atoms with van der Waals surface area (Å²) in [5.41, 5.74) is 25.8. The average molecular weight is 857 g/mol. The minimum atomic E-state index is 0.0369. The van der Waals surface area contributed by atoms with Crippen LogP contribution in [-0.2, 0) is 0 Å². The van der Waals surface area contributed by atoms with E-state index in [0.29, 0.717) is 0 Å². The van der Waals surface area contributed by atoms with Crippen LogP contribution in [0.5, 0.6) is 0 Å². The number of hydrogen-bond acceptors (Lipinski definition) is 2. The summed E-state index contributed by atoms with van der Waals surface area (Å²) >= 11 is 0. The van der Waals surface area contributed by atoms with Gasteiger partial charge in [0.2, 0.25) is 13.4 Å². The molecule has 0 saturated heterocycles. The van der Waals surface area contributed by atoms with Crippen LogP contribution in [0.1, 0.15) is 0 Å². The van der Waals surface area contributed by atoms with Crippen molar-refractivity contribution in [2.24, 2.45) is 0 Å². The number of fused-ring (bicyclic) bond motifs is 8. The first kappa shape index (κ1) is 36.6. The summed E-state index contributed by atoms with van der Waals surface area (Å²) in [5.74, 6) is 0. The fourth-order valence-electron chi connectivity index (χ4n) is 13.2. The Hall–Kier alpha value is -8.59. The molecule has 310 valence electrons. The first-order valence-corrected chi connectivity index (χ1v) is 23.9. The van der Waals surface area contributed by atoms with Crippen LogP contribution in [0.4, 0.5) is 34.1 Å².